The average Bonchev–Trinajstić information content (AvgIpc) is 2.40. The molecular formula is C14H14ClFN2. The van der Waals surface area contributed by atoms with E-state index < -0.39 is 0 Å². The minimum atomic E-state index is -0.253. The molecule has 0 atom stereocenters. The van der Waals surface area contributed by atoms with Crippen LogP contribution in [0.3, 0.4) is 0 Å². The van der Waals surface area contributed by atoms with Gasteiger partial charge in [0.15, 0.2) is 0 Å². The summed E-state index contributed by atoms with van der Waals surface area (Å²) in [5.41, 5.74) is 2.49. The van der Waals surface area contributed by atoms with Crippen molar-refractivity contribution in [3.8, 4) is 0 Å². The lowest BCUT2D eigenvalue weighted by Gasteiger charge is -2.09. The second-order valence-electron chi connectivity index (χ2n) is 3.92. The Morgan fingerprint density at radius 3 is 2.67 bits per heavy atom. The molecule has 4 heteroatoms. The Labute approximate surface area is 111 Å². The normalized spacial score (nSPS) is 10.2. The summed E-state index contributed by atoms with van der Waals surface area (Å²) in [6, 6.07) is 12.3. The molecule has 0 aliphatic heterocycles. The molecule has 0 aliphatic carbocycles. The molecular weight excluding hydrogens is 251 g/mol. The molecule has 18 heavy (non-hydrogen) atoms. The van der Waals surface area contributed by atoms with Crippen molar-refractivity contribution >= 4 is 23.0 Å². The van der Waals surface area contributed by atoms with Crippen LogP contribution in [0.15, 0.2) is 42.5 Å². The molecule has 0 unspecified atom stereocenters. The zero-order valence-corrected chi connectivity index (χ0v) is 10.8. The topological polar surface area (TPSA) is 24.1 Å². The van der Waals surface area contributed by atoms with Crippen molar-refractivity contribution in [2.45, 2.75) is 6.54 Å². The molecule has 0 aromatic heterocycles. The predicted molar refractivity (Wildman–Crippen MR) is 74.7 cm³/mol. The number of rotatable bonds is 4. The largest absolute Gasteiger partial charge is 0.388 e. The van der Waals surface area contributed by atoms with Crippen LogP contribution in [0.4, 0.5) is 15.8 Å². The summed E-state index contributed by atoms with van der Waals surface area (Å²) in [5, 5.41) is 6.75. The first-order valence-electron chi connectivity index (χ1n) is 5.64. The summed E-state index contributed by atoms with van der Waals surface area (Å²) >= 11 is 5.84. The van der Waals surface area contributed by atoms with Crippen LogP contribution in [0.1, 0.15) is 5.56 Å². The van der Waals surface area contributed by atoms with Crippen molar-refractivity contribution in [1.29, 1.82) is 0 Å². The summed E-state index contributed by atoms with van der Waals surface area (Å²) in [7, 11) is 1.86. The third kappa shape index (κ3) is 3.14. The maximum absolute atomic E-state index is 13.5. The zero-order chi connectivity index (χ0) is 13.0. The Hall–Kier alpha value is -1.74. The third-order valence-electron chi connectivity index (χ3n) is 2.64. The van der Waals surface area contributed by atoms with E-state index in [1.807, 2.05) is 31.3 Å². The van der Waals surface area contributed by atoms with Gasteiger partial charge in [-0.15, -0.1) is 0 Å². The van der Waals surface area contributed by atoms with Crippen LogP contribution in [-0.2, 0) is 6.54 Å². The van der Waals surface area contributed by atoms with Crippen LogP contribution in [0.5, 0.6) is 0 Å². The highest BCUT2D eigenvalue weighted by atomic mass is 35.5. The predicted octanol–water partition coefficient (Wildman–Crippen LogP) is 4.13. The summed E-state index contributed by atoms with van der Waals surface area (Å²) in [5.74, 6) is -0.253. The van der Waals surface area contributed by atoms with E-state index in [9.17, 15) is 4.39 Å². The van der Waals surface area contributed by atoms with Gasteiger partial charge in [0.05, 0.1) is 0 Å². The van der Waals surface area contributed by atoms with Crippen LogP contribution in [-0.4, -0.2) is 7.05 Å². The van der Waals surface area contributed by atoms with E-state index >= 15 is 0 Å². The molecule has 0 aliphatic rings. The molecule has 0 bridgehead atoms. The van der Waals surface area contributed by atoms with Gasteiger partial charge in [0.2, 0.25) is 0 Å². The van der Waals surface area contributed by atoms with Gasteiger partial charge >= 0.3 is 0 Å². The number of nitrogens with one attached hydrogen (secondary N) is 2. The smallest absolute Gasteiger partial charge is 0.128 e. The molecule has 2 rings (SSSR count). The molecule has 0 radical (unpaired) electrons. The lowest BCUT2D eigenvalue weighted by Crippen LogP contribution is -2.02. The van der Waals surface area contributed by atoms with Crippen LogP contribution in [0.25, 0.3) is 0 Å². The van der Waals surface area contributed by atoms with Gasteiger partial charge in [-0.25, -0.2) is 4.39 Å². The minimum Gasteiger partial charge on any atom is -0.388 e. The summed E-state index contributed by atoms with van der Waals surface area (Å²) < 4.78 is 13.5. The van der Waals surface area contributed by atoms with Crippen LogP contribution in [0, 0.1) is 5.82 Å². The first-order chi connectivity index (χ1) is 8.69. The molecule has 2 N–H and O–H groups in total. The summed E-state index contributed by atoms with van der Waals surface area (Å²) in [6.45, 7) is 0.402. The number of hydrogen-bond acceptors (Lipinski definition) is 2. The van der Waals surface area contributed by atoms with Crippen LogP contribution in [0.2, 0.25) is 5.02 Å². The van der Waals surface area contributed by atoms with E-state index in [-0.39, 0.29) is 5.82 Å². The zero-order valence-electron chi connectivity index (χ0n) is 10.0. The van der Waals surface area contributed by atoms with Gasteiger partial charge in [-0.1, -0.05) is 17.7 Å². The standard InChI is InChI=1S/C14H14ClFN2/c1-17-12-3-2-4-13(8-12)18-9-10-7-11(15)5-6-14(10)16/h2-8,17-18H,9H2,1H3. The maximum atomic E-state index is 13.5. The van der Waals surface area contributed by atoms with E-state index in [1.54, 1.807) is 12.1 Å². The quantitative estimate of drug-likeness (QED) is 0.868. The van der Waals surface area contributed by atoms with Gasteiger partial charge in [-0.3, -0.25) is 0 Å². The first kappa shape index (κ1) is 12.7. The summed E-state index contributed by atoms with van der Waals surface area (Å²) in [6.07, 6.45) is 0. The highest BCUT2D eigenvalue weighted by Crippen LogP contribution is 2.18. The van der Waals surface area contributed by atoms with Crippen molar-refractivity contribution in [1.82, 2.24) is 0 Å². The van der Waals surface area contributed by atoms with Crippen molar-refractivity contribution in [2.24, 2.45) is 0 Å². The van der Waals surface area contributed by atoms with Gasteiger partial charge in [0, 0.05) is 35.6 Å². The van der Waals surface area contributed by atoms with Crippen LogP contribution < -0.4 is 10.6 Å². The molecule has 0 fully saturated rings. The SMILES string of the molecule is CNc1cccc(NCc2cc(Cl)ccc2F)c1. The van der Waals surface area contributed by atoms with Gasteiger partial charge in [0.25, 0.3) is 0 Å². The van der Waals surface area contributed by atoms with E-state index in [1.165, 1.54) is 6.07 Å². The van der Waals surface area contributed by atoms with Crippen molar-refractivity contribution in [3.05, 3.63) is 58.9 Å². The Kier molecular flexibility index (Phi) is 4.05. The monoisotopic (exact) mass is 264 g/mol. The van der Waals surface area contributed by atoms with E-state index in [2.05, 4.69) is 10.6 Å². The molecule has 2 aromatic carbocycles. The molecule has 0 heterocycles. The Morgan fingerprint density at radius 2 is 1.89 bits per heavy atom. The molecule has 2 aromatic rings. The van der Waals surface area contributed by atoms with Gasteiger partial charge in [-0.05, 0) is 36.4 Å². The van der Waals surface area contributed by atoms with Crippen molar-refractivity contribution in [2.75, 3.05) is 17.7 Å². The maximum Gasteiger partial charge on any atom is 0.128 e. The Balaban J connectivity index is 2.08. The Bertz CT molecular complexity index is 543. The molecule has 0 saturated heterocycles. The highest BCUT2D eigenvalue weighted by Gasteiger charge is 2.03. The van der Waals surface area contributed by atoms with E-state index in [4.69, 9.17) is 11.6 Å². The second kappa shape index (κ2) is 5.74. The van der Waals surface area contributed by atoms with E-state index in [0.29, 0.717) is 17.1 Å². The average molecular weight is 265 g/mol. The van der Waals surface area contributed by atoms with Gasteiger partial charge < -0.3 is 10.6 Å². The first-order valence-corrected chi connectivity index (χ1v) is 6.02. The number of hydrogen-bond donors (Lipinski definition) is 2. The lowest BCUT2D eigenvalue weighted by molar-refractivity contribution is 0.613. The molecule has 0 amide bonds. The fraction of sp³-hybridized carbons (Fsp3) is 0.143. The van der Waals surface area contributed by atoms with Crippen molar-refractivity contribution in [3.63, 3.8) is 0 Å². The molecule has 2 nitrogen and oxygen atoms in total. The van der Waals surface area contributed by atoms with Gasteiger partial charge in [0.1, 0.15) is 5.82 Å². The summed E-state index contributed by atoms with van der Waals surface area (Å²) in [4.78, 5) is 0. The number of halogens is 2. The molecule has 0 saturated carbocycles. The number of anilines is 2. The number of benzene rings is 2. The minimum absolute atomic E-state index is 0.253. The van der Waals surface area contributed by atoms with Gasteiger partial charge in [-0.2, -0.15) is 0 Å². The Morgan fingerprint density at radius 1 is 1.11 bits per heavy atom. The lowest BCUT2D eigenvalue weighted by atomic mass is 10.2. The molecule has 94 valence electrons. The second-order valence-corrected chi connectivity index (χ2v) is 4.36. The van der Waals surface area contributed by atoms with E-state index in [0.717, 1.165) is 11.4 Å². The highest BCUT2D eigenvalue weighted by molar-refractivity contribution is 6.30. The van der Waals surface area contributed by atoms with Crippen molar-refractivity contribution < 1.29 is 4.39 Å². The molecule has 0 spiro atoms. The fourth-order valence-corrected chi connectivity index (χ4v) is 1.86. The van der Waals surface area contributed by atoms with Crippen LogP contribution >= 0.6 is 11.6 Å². The third-order valence-corrected chi connectivity index (χ3v) is 2.88. The fourth-order valence-electron chi connectivity index (χ4n) is 1.66.